The van der Waals surface area contributed by atoms with E-state index in [1.807, 2.05) is 32.9 Å². The lowest BCUT2D eigenvalue weighted by molar-refractivity contribution is -0.169. The van der Waals surface area contributed by atoms with Gasteiger partial charge < -0.3 is 19.7 Å². The van der Waals surface area contributed by atoms with Crippen molar-refractivity contribution in [1.29, 1.82) is 0 Å². The maximum Gasteiger partial charge on any atom is 0.347 e. The third-order valence-corrected chi connectivity index (χ3v) is 7.14. The first kappa shape index (κ1) is 28.1. The van der Waals surface area contributed by atoms with Gasteiger partial charge >= 0.3 is 11.9 Å². The van der Waals surface area contributed by atoms with Crippen LogP contribution in [-0.4, -0.2) is 47.6 Å². The number of unbranched alkanes of at least 4 members (excludes halogenated alkanes) is 1. The van der Waals surface area contributed by atoms with E-state index in [0.29, 0.717) is 24.7 Å². The van der Waals surface area contributed by atoms with Crippen molar-refractivity contribution in [2.75, 3.05) is 7.11 Å². The van der Waals surface area contributed by atoms with Crippen LogP contribution < -0.4 is 0 Å². The molecule has 0 radical (unpaired) electrons. The third-order valence-electron chi connectivity index (χ3n) is 7.14. The van der Waals surface area contributed by atoms with E-state index < -0.39 is 18.2 Å². The number of fused-ring (bicyclic) bond motifs is 1. The topological polar surface area (TPSA) is 93.1 Å². The van der Waals surface area contributed by atoms with E-state index in [0.717, 1.165) is 25.7 Å². The summed E-state index contributed by atoms with van der Waals surface area (Å²) in [5.74, 6) is 5.83. The number of ether oxygens (including phenoxy) is 2. The maximum absolute atomic E-state index is 12.1. The molecule has 2 N–H and O–H groups in total. The molecule has 0 saturated heterocycles. The number of aliphatic hydroxyl groups is 2. The molecule has 6 nitrogen and oxygen atoms in total. The molecule has 2 rings (SSSR count). The Balaban J connectivity index is 1.82. The molecule has 2 fully saturated rings. The van der Waals surface area contributed by atoms with Crippen LogP contribution in [0.5, 0.6) is 0 Å². The number of carbonyl (C=O) groups excluding carboxylic acids is 2. The SMILES string of the molecule is CC#CCC(C)C(O)C=CC1C(O)CC2CC(=CCCCC(=O)OC(C(=O)OC)C(C)C)CC21. The predicted octanol–water partition coefficient (Wildman–Crippen LogP) is 4.20. The van der Waals surface area contributed by atoms with Crippen molar-refractivity contribution in [3.63, 3.8) is 0 Å². The second-order valence-electron chi connectivity index (χ2n) is 10.1. The fraction of sp³-hybridized carbons (Fsp3) is 0.714. The second-order valence-corrected chi connectivity index (χ2v) is 10.1. The predicted molar refractivity (Wildman–Crippen MR) is 131 cm³/mol. The van der Waals surface area contributed by atoms with Crippen LogP contribution in [0.3, 0.4) is 0 Å². The van der Waals surface area contributed by atoms with Crippen LogP contribution in [0.25, 0.3) is 0 Å². The van der Waals surface area contributed by atoms with Gasteiger partial charge in [-0.05, 0) is 56.8 Å². The van der Waals surface area contributed by atoms with E-state index >= 15 is 0 Å². The number of allylic oxidation sites excluding steroid dienone is 2. The molecule has 190 valence electrons. The number of aliphatic hydroxyl groups excluding tert-OH is 2. The van der Waals surface area contributed by atoms with Gasteiger partial charge in [0, 0.05) is 24.7 Å². The summed E-state index contributed by atoms with van der Waals surface area (Å²) in [5, 5.41) is 20.9. The zero-order valence-electron chi connectivity index (χ0n) is 21.3. The molecule has 6 heteroatoms. The Morgan fingerprint density at radius 1 is 1.24 bits per heavy atom. The molecule has 0 spiro atoms. The van der Waals surface area contributed by atoms with Gasteiger partial charge in [0.1, 0.15) is 0 Å². The van der Waals surface area contributed by atoms with E-state index in [1.165, 1.54) is 12.7 Å². The van der Waals surface area contributed by atoms with E-state index in [9.17, 15) is 19.8 Å². The van der Waals surface area contributed by atoms with Crippen LogP contribution >= 0.6 is 0 Å². The van der Waals surface area contributed by atoms with Crippen molar-refractivity contribution in [3.8, 4) is 11.8 Å². The van der Waals surface area contributed by atoms with E-state index in [-0.39, 0.29) is 36.2 Å². The molecule has 7 atom stereocenters. The largest absolute Gasteiger partial charge is 0.466 e. The smallest absolute Gasteiger partial charge is 0.347 e. The van der Waals surface area contributed by atoms with Crippen molar-refractivity contribution in [3.05, 3.63) is 23.8 Å². The minimum atomic E-state index is -0.859. The van der Waals surface area contributed by atoms with Gasteiger partial charge in [-0.1, -0.05) is 44.6 Å². The molecule has 7 unspecified atom stereocenters. The van der Waals surface area contributed by atoms with Gasteiger partial charge in [-0.2, -0.15) is 0 Å². The quantitative estimate of drug-likeness (QED) is 0.202. The first-order chi connectivity index (χ1) is 16.2. The summed E-state index contributed by atoms with van der Waals surface area (Å²) in [7, 11) is 1.29. The number of hydrogen-bond acceptors (Lipinski definition) is 6. The molecule has 0 amide bonds. The van der Waals surface area contributed by atoms with Gasteiger partial charge in [0.2, 0.25) is 6.10 Å². The Hall–Kier alpha value is -2.10. The highest BCUT2D eigenvalue weighted by Gasteiger charge is 2.45. The number of methoxy groups -OCH3 is 1. The molecule has 2 aliphatic rings. The van der Waals surface area contributed by atoms with Gasteiger partial charge in [0.15, 0.2) is 0 Å². The van der Waals surface area contributed by atoms with E-state index in [4.69, 9.17) is 9.47 Å². The Labute approximate surface area is 204 Å². The van der Waals surface area contributed by atoms with Gasteiger partial charge in [-0.25, -0.2) is 4.79 Å². The first-order valence-electron chi connectivity index (χ1n) is 12.6. The molecule has 2 saturated carbocycles. The summed E-state index contributed by atoms with van der Waals surface area (Å²) in [6, 6.07) is 0. The zero-order chi connectivity index (χ0) is 25.3. The number of rotatable bonds is 11. The normalized spacial score (nSPS) is 27.8. The minimum Gasteiger partial charge on any atom is -0.466 e. The van der Waals surface area contributed by atoms with Crippen molar-refractivity contribution in [1.82, 2.24) is 0 Å². The van der Waals surface area contributed by atoms with Crippen LogP contribution in [-0.2, 0) is 19.1 Å². The Morgan fingerprint density at radius 3 is 2.62 bits per heavy atom. The molecule has 0 aliphatic heterocycles. The van der Waals surface area contributed by atoms with Crippen LogP contribution in [0.2, 0.25) is 0 Å². The minimum absolute atomic E-state index is 0.0622. The van der Waals surface area contributed by atoms with Crippen LogP contribution in [0.15, 0.2) is 23.8 Å². The summed E-state index contributed by atoms with van der Waals surface area (Å²) in [4.78, 5) is 23.9. The summed E-state index contributed by atoms with van der Waals surface area (Å²) < 4.78 is 10.0. The highest BCUT2D eigenvalue weighted by Crippen LogP contribution is 2.50. The maximum atomic E-state index is 12.1. The highest BCUT2D eigenvalue weighted by molar-refractivity contribution is 5.79. The van der Waals surface area contributed by atoms with Gasteiger partial charge in [-0.15, -0.1) is 11.8 Å². The van der Waals surface area contributed by atoms with Crippen molar-refractivity contribution in [2.24, 2.45) is 29.6 Å². The first-order valence-corrected chi connectivity index (χ1v) is 12.6. The molecule has 0 heterocycles. The molecule has 0 bridgehead atoms. The standard InChI is InChI=1S/C28H42O6/c1-6-7-10-19(4)24(29)14-13-22-23-16-20(15-21(23)17-25(22)30)11-8-9-12-26(31)34-27(18(2)3)28(32)33-5/h11,13-14,18-19,21-25,27,29-30H,8-10,12,15-17H2,1-5H3. The van der Waals surface area contributed by atoms with Crippen LogP contribution in [0, 0.1) is 41.4 Å². The summed E-state index contributed by atoms with van der Waals surface area (Å²) in [6.45, 7) is 7.42. The highest BCUT2D eigenvalue weighted by atomic mass is 16.6. The lowest BCUT2D eigenvalue weighted by Gasteiger charge is -2.19. The van der Waals surface area contributed by atoms with Crippen molar-refractivity contribution in [2.45, 2.75) is 91.0 Å². The van der Waals surface area contributed by atoms with Crippen LogP contribution in [0.4, 0.5) is 0 Å². The monoisotopic (exact) mass is 474 g/mol. The molecule has 0 aromatic rings. The third kappa shape index (κ3) is 7.99. The zero-order valence-corrected chi connectivity index (χ0v) is 21.3. The van der Waals surface area contributed by atoms with Crippen LogP contribution in [0.1, 0.15) is 72.6 Å². The van der Waals surface area contributed by atoms with E-state index in [1.54, 1.807) is 6.92 Å². The lowest BCUT2D eigenvalue weighted by atomic mass is 9.89. The average Bonchev–Trinajstić information content (AvgIpc) is 3.32. The molecular formula is C28H42O6. The molecule has 0 aromatic carbocycles. The summed E-state index contributed by atoms with van der Waals surface area (Å²) >= 11 is 0. The van der Waals surface area contributed by atoms with Gasteiger partial charge in [0.25, 0.3) is 0 Å². The van der Waals surface area contributed by atoms with E-state index in [2.05, 4.69) is 17.9 Å². The Morgan fingerprint density at radius 2 is 1.97 bits per heavy atom. The number of esters is 2. The molecular weight excluding hydrogens is 432 g/mol. The second kappa shape index (κ2) is 13.7. The van der Waals surface area contributed by atoms with Gasteiger partial charge in [0.05, 0.1) is 19.3 Å². The summed E-state index contributed by atoms with van der Waals surface area (Å²) in [5.41, 5.74) is 1.38. The fourth-order valence-electron chi connectivity index (χ4n) is 5.08. The van der Waals surface area contributed by atoms with Crippen molar-refractivity contribution < 1.29 is 29.3 Å². The number of hydrogen-bond donors (Lipinski definition) is 2. The average molecular weight is 475 g/mol. The molecule has 34 heavy (non-hydrogen) atoms. The van der Waals surface area contributed by atoms with Gasteiger partial charge in [-0.3, -0.25) is 4.79 Å². The molecule has 0 aromatic heterocycles. The van der Waals surface area contributed by atoms with Crippen molar-refractivity contribution >= 4 is 11.9 Å². The Kier molecular flexibility index (Phi) is 11.3. The Bertz CT molecular complexity index is 801. The fourth-order valence-corrected chi connectivity index (χ4v) is 5.08. The summed E-state index contributed by atoms with van der Waals surface area (Å²) in [6.07, 6.45) is 9.40. The number of carbonyl (C=O) groups is 2. The molecule has 2 aliphatic carbocycles. The lowest BCUT2D eigenvalue weighted by Crippen LogP contribution is -2.33.